The summed E-state index contributed by atoms with van der Waals surface area (Å²) in [6.07, 6.45) is 0. The zero-order chi connectivity index (χ0) is 15.4. The molecule has 4 nitrogen and oxygen atoms in total. The summed E-state index contributed by atoms with van der Waals surface area (Å²) in [5.41, 5.74) is 1.10. The highest BCUT2D eigenvalue weighted by Gasteiger charge is 2.24. The van der Waals surface area contributed by atoms with Gasteiger partial charge >= 0.3 is 0 Å². The van der Waals surface area contributed by atoms with Crippen molar-refractivity contribution in [3.63, 3.8) is 0 Å². The summed E-state index contributed by atoms with van der Waals surface area (Å²) < 4.78 is 0. The molecule has 0 aliphatic carbocycles. The average Bonchev–Trinajstić information content (AvgIpc) is 2.49. The van der Waals surface area contributed by atoms with E-state index in [0.717, 1.165) is 30.2 Å². The molecule has 0 radical (unpaired) electrons. The van der Waals surface area contributed by atoms with Crippen LogP contribution in [0.3, 0.4) is 0 Å². The van der Waals surface area contributed by atoms with Crippen LogP contribution in [0.1, 0.15) is 25.5 Å². The number of piperazine rings is 1. The van der Waals surface area contributed by atoms with Crippen molar-refractivity contribution in [2.24, 2.45) is 0 Å². The number of halogens is 2. The van der Waals surface area contributed by atoms with Crippen LogP contribution in [0.25, 0.3) is 0 Å². The van der Waals surface area contributed by atoms with Gasteiger partial charge in [0.15, 0.2) is 0 Å². The fourth-order valence-electron chi connectivity index (χ4n) is 2.58. The Morgan fingerprint density at radius 3 is 2.68 bits per heavy atom. The zero-order valence-corrected chi connectivity index (χ0v) is 15.0. The lowest BCUT2D eigenvalue weighted by Gasteiger charge is -2.35. The summed E-state index contributed by atoms with van der Waals surface area (Å²) in [5.74, 6) is 0.159. The Hall–Kier alpha value is -0.810. The number of hydrogen-bond donors (Lipinski definition) is 1. The number of carbonyl (C=O) groups excluding carboxylic acids is 1. The maximum atomic E-state index is 12.5. The van der Waals surface area contributed by atoms with Gasteiger partial charge in [-0.15, -0.1) is 12.4 Å². The summed E-state index contributed by atoms with van der Waals surface area (Å²) >= 11 is 5.91. The van der Waals surface area contributed by atoms with E-state index in [-0.39, 0.29) is 24.4 Å². The van der Waals surface area contributed by atoms with E-state index in [0.29, 0.717) is 12.6 Å². The summed E-state index contributed by atoms with van der Waals surface area (Å²) in [4.78, 5) is 16.5. The van der Waals surface area contributed by atoms with Gasteiger partial charge in [0.25, 0.3) is 0 Å². The van der Waals surface area contributed by atoms with Crippen LogP contribution in [0.2, 0.25) is 5.02 Å². The van der Waals surface area contributed by atoms with Crippen LogP contribution in [-0.4, -0.2) is 55.0 Å². The second-order valence-electron chi connectivity index (χ2n) is 5.76. The molecule has 1 unspecified atom stereocenters. The number of nitrogens with one attached hydrogen (secondary N) is 1. The number of rotatable bonds is 4. The van der Waals surface area contributed by atoms with Crippen molar-refractivity contribution in [2.45, 2.75) is 25.9 Å². The van der Waals surface area contributed by atoms with E-state index >= 15 is 0 Å². The van der Waals surface area contributed by atoms with Gasteiger partial charge in [-0.3, -0.25) is 9.69 Å². The fourth-order valence-corrected chi connectivity index (χ4v) is 2.71. The highest BCUT2D eigenvalue weighted by Crippen LogP contribution is 2.21. The molecular formula is C16H25Cl2N3O. The molecule has 1 saturated heterocycles. The molecule has 1 aromatic carbocycles. The Morgan fingerprint density at radius 1 is 1.45 bits per heavy atom. The van der Waals surface area contributed by atoms with Gasteiger partial charge in [0.1, 0.15) is 0 Å². The Kier molecular flexibility index (Phi) is 7.63. The number of hydrogen-bond acceptors (Lipinski definition) is 3. The summed E-state index contributed by atoms with van der Waals surface area (Å²) in [5, 5.41) is 4.06. The average molecular weight is 346 g/mol. The van der Waals surface area contributed by atoms with Crippen LogP contribution >= 0.6 is 24.0 Å². The Bertz CT molecular complexity index is 481. The lowest BCUT2D eigenvalue weighted by Crippen LogP contribution is -2.53. The van der Waals surface area contributed by atoms with Gasteiger partial charge in [0.2, 0.25) is 5.91 Å². The zero-order valence-electron chi connectivity index (χ0n) is 13.4. The molecule has 22 heavy (non-hydrogen) atoms. The van der Waals surface area contributed by atoms with Crippen molar-refractivity contribution in [1.29, 1.82) is 0 Å². The highest BCUT2D eigenvalue weighted by atomic mass is 35.5. The van der Waals surface area contributed by atoms with E-state index in [9.17, 15) is 4.79 Å². The number of carbonyl (C=O) groups is 1. The molecule has 1 aromatic rings. The first-order valence-electron chi connectivity index (χ1n) is 7.45. The van der Waals surface area contributed by atoms with E-state index in [1.54, 1.807) is 0 Å². The van der Waals surface area contributed by atoms with E-state index in [4.69, 9.17) is 11.6 Å². The largest absolute Gasteiger partial charge is 0.338 e. The second kappa shape index (κ2) is 8.73. The maximum Gasteiger partial charge on any atom is 0.237 e. The molecule has 1 aliphatic heterocycles. The molecule has 124 valence electrons. The SMILES string of the molecule is CC(c1ccc(Cl)cc1)N(C)C(=O)CN1CCNC[C@H]1C.Cl. The van der Waals surface area contributed by atoms with Crippen molar-refractivity contribution in [3.8, 4) is 0 Å². The van der Waals surface area contributed by atoms with Gasteiger partial charge in [-0.05, 0) is 31.5 Å². The molecule has 0 bridgehead atoms. The van der Waals surface area contributed by atoms with E-state index in [1.165, 1.54) is 0 Å². The Balaban J connectivity index is 0.00000242. The molecule has 2 atom stereocenters. The molecule has 1 fully saturated rings. The van der Waals surface area contributed by atoms with Crippen LogP contribution in [0.15, 0.2) is 24.3 Å². The Morgan fingerprint density at radius 2 is 2.09 bits per heavy atom. The topological polar surface area (TPSA) is 35.6 Å². The van der Waals surface area contributed by atoms with Crippen LogP contribution in [0, 0.1) is 0 Å². The molecule has 0 aromatic heterocycles. The van der Waals surface area contributed by atoms with Crippen molar-refractivity contribution in [1.82, 2.24) is 15.1 Å². The number of benzene rings is 1. The van der Waals surface area contributed by atoms with Gasteiger partial charge in [0, 0.05) is 37.7 Å². The minimum absolute atomic E-state index is 0. The summed E-state index contributed by atoms with van der Waals surface area (Å²) in [6, 6.07) is 8.14. The van der Waals surface area contributed by atoms with Gasteiger partial charge < -0.3 is 10.2 Å². The molecule has 2 rings (SSSR count). The number of likely N-dealkylation sites (N-methyl/N-ethyl adjacent to an activating group) is 1. The predicted molar refractivity (Wildman–Crippen MR) is 93.8 cm³/mol. The van der Waals surface area contributed by atoms with Gasteiger partial charge in [0.05, 0.1) is 12.6 Å². The van der Waals surface area contributed by atoms with Crippen molar-refractivity contribution in [3.05, 3.63) is 34.9 Å². The molecule has 1 amide bonds. The van der Waals surface area contributed by atoms with Crippen LogP contribution < -0.4 is 5.32 Å². The third-order valence-corrected chi connectivity index (χ3v) is 4.56. The number of nitrogens with zero attached hydrogens (tertiary/aromatic N) is 2. The van der Waals surface area contributed by atoms with E-state index in [1.807, 2.05) is 43.1 Å². The molecule has 0 spiro atoms. The van der Waals surface area contributed by atoms with Crippen molar-refractivity contribution < 1.29 is 4.79 Å². The van der Waals surface area contributed by atoms with Gasteiger partial charge in [-0.1, -0.05) is 23.7 Å². The minimum atomic E-state index is 0. The molecule has 0 saturated carbocycles. The van der Waals surface area contributed by atoms with Crippen LogP contribution in [-0.2, 0) is 4.79 Å². The quantitative estimate of drug-likeness (QED) is 0.910. The normalized spacial score (nSPS) is 20.1. The standard InChI is InChI=1S/C16H24ClN3O.ClH/c1-12-10-18-8-9-20(12)11-16(21)19(3)13(2)14-4-6-15(17)7-5-14;/h4-7,12-13,18H,8-11H2,1-3H3;1H/t12-,13?;/m1./s1. The van der Waals surface area contributed by atoms with E-state index < -0.39 is 0 Å². The third kappa shape index (κ3) is 4.85. The first kappa shape index (κ1) is 19.2. The van der Waals surface area contributed by atoms with Gasteiger partial charge in [-0.25, -0.2) is 0 Å². The third-order valence-electron chi connectivity index (χ3n) is 4.30. The summed E-state index contributed by atoms with van der Waals surface area (Å²) in [7, 11) is 1.87. The Labute approximate surface area is 144 Å². The molecule has 1 N–H and O–H groups in total. The van der Waals surface area contributed by atoms with Crippen LogP contribution in [0.4, 0.5) is 0 Å². The number of amides is 1. The lowest BCUT2D eigenvalue weighted by atomic mass is 10.1. The predicted octanol–water partition coefficient (Wildman–Crippen LogP) is 2.57. The monoisotopic (exact) mass is 345 g/mol. The molecular weight excluding hydrogens is 321 g/mol. The van der Waals surface area contributed by atoms with Crippen molar-refractivity contribution >= 4 is 29.9 Å². The summed E-state index contributed by atoms with van der Waals surface area (Å²) in [6.45, 7) is 7.51. The first-order chi connectivity index (χ1) is 9.99. The smallest absolute Gasteiger partial charge is 0.237 e. The van der Waals surface area contributed by atoms with Gasteiger partial charge in [-0.2, -0.15) is 0 Å². The maximum absolute atomic E-state index is 12.5. The minimum Gasteiger partial charge on any atom is -0.338 e. The van der Waals surface area contributed by atoms with Crippen LogP contribution in [0.5, 0.6) is 0 Å². The first-order valence-corrected chi connectivity index (χ1v) is 7.82. The van der Waals surface area contributed by atoms with Crippen molar-refractivity contribution in [2.75, 3.05) is 33.2 Å². The second-order valence-corrected chi connectivity index (χ2v) is 6.19. The fraction of sp³-hybridized carbons (Fsp3) is 0.562. The van der Waals surface area contributed by atoms with E-state index in [2.05, 4.69) is 17.1 Å². The highest BCUT2D eigenvalue weighted by molar-refractivity contribution is 6.30. The lowest BCUT2D eigenvalue weighted by molar-refractivity contribution is -0.133. The molecule has 6 heteroatoms. The molecule has 1 heterocycles. The molecule has 1 aliphatic rings.